The van der Waals surface area contributed by atoms with Crippen LogP contribution in [-0.2, 0) is 0 Å². The molecule has 0 aromatic heterocycles. The molecule has 0 spiro atoms. The lowest BCUT2D eigenvalue weighted by atomic mass is 10.1. The first-order valence-corrected chi connectivity index (χ1v) is 4.43. The van der Waals surface area contributed by atoms with Crippen molar-refractivity contribution >= 4 is 5.91 Å². The molecular weight excluding hydrogens is 178 g/mol. The Balaban J connectivity index is 3.16. The smallest absolute Gasteiger partial charge is 0.253 e. The summed E-state index contributed by atoms with van der Waals surface area (Å²) in [5.41, 5.74) is 1.57. The third-order valence-corrected chi connectivity index (χ3v) is 2.14. The number of carbonyl (C=O) groups is 1. The predicted molar refractivity (Wildman–Crippen MR) is 55.7 cm³/mol. The molecule has 0 saturated heterocycles. The molecule has 0 radical (unpaired) electrons. The summed E-state index contributed by atoms with van der Waals surface area (Å²) in [5.74, 6) is 0.749. The normalized spacial score (nSPS) is 9.71. The largest absolute Gasteiger partial charge is 0.496 e. The van der Waals surface area contributed by atoms with Crippen LogP contribution in [0.15, 0.2) is 18.2 Å². The van der Waals surface area contributed by atoms with E-state index in [1.54, 1.807) is 32.2 Å². The highest BCUT2D eigenvalue weighted by Crippen LogP contribution is 2.21. The fourth-order valence-electron chi connectivity index (χ4n) is 1.31. The Kier molecular flexibility index (Phi) is 3.12. The molecule has 0 heterocycles. The van der Waals surface area contributed by atoms with Gasteiger partial charge in [-0.25, -0.2) is 0 Å². The third kappa shape index (κ3) is 1.87. The summed E-state index contributed by atoms with van der Waals surface area (Å²) in [7, 11) is 5.08. The number of hydrogen-bond donors (Lipinski definition) is 0. The van der Waals surface area contributed by atoms with Crippen LogP contribution in [0.5, 0.6) is 5.75 Å². The van der Waals surface area contributed by atoms with Gasteiger partial charge in [0, 0.05) is 25.2 Å². The van der Waals surface area contributed by atoms with E-state index in [1.807, 2.05) is 19.1 Å². The van der Waals surface area contributed by atoms with Gasteiger partial charge in [-0.15, -0.1) is 0 Å². The average molecular weight is 193 g/mol. The molecule has 0 N–H and O–H groups in total. The molecule has 76 valence electrons. The lowest BCUT2D eigenvalue weighted by molar-refractivity contribution is 0.0826. The number of carbonyl (C=O) groups excluding carboxylic acids is 1. The summed E-state index contributed by atoms with van der Waals surface area (Å²) >= 11 is 0. The monoisotopic (exact) mass is 193 g/mol. The minimum Gasteiger partial charge on any atom is -0.496 e. The van der Waals surface area contributed by atoms with Gasteiger partial charge in [0.2, 0.25) is 0 Å². The third-order valence-electron chi connectivity index (χ3n) is 2.14. The van der Waals surface area contributed by atoms with Gasteiger partial charge in [-0.05, 0) is 19.1 Å². The molecule has 1 aromatic carbocycles. The van der Waals surface area contributed by atoms with Crippen molar-refractivity contribution in [3.63, 3.8) is 0 Å². The second-order valence-electron chi connectivity index (χ2n) is 3.33. The molecule has 0 unspecified atom stereocenters. The van der Waals surface area contributed by atoms with Crippen molar-refractivity contribution in [2.45, 2.75) is 6.92 Å². The van der Waals surface area contributed by atoms with Gasteiger partial charge in [0.15, 0.2) is 0 Å². The van der Waals surface area contributed by atoms with E-state index in [2.05, 4.69) is 0 Å². The Labute approximate surface area is 84.3 Å². The first-order valence-electron chi connectivity index (χ1n) is 4.43. The highest BCUT2D eigenvalue weighted by atomic mass is 16.5. The number of rotatable bonds is 2. The van der Waals surface area contributed by atoms with Gasteiger partial charge in [-0.2, -0.15) is 0 Å². The zero-order valence-electron chi connectivity index (χ0n) is 9.00. The molecule has 1 rings (SSSR count). The summed E-state index contributed by atoms with van der Waals surface area (Å²) in [6.45, 7) is 1.88. The van der Waals surface area contributed by atoms with Gasteiger partial charge < -0.3 is 9.64 Å². The van der Waals surface area contributed by atoms with Crippen LogP contribution in [0.3, 0.4) is 0 Å². The molecule has 0 bridgehead atoms. The van der Waals surface area contributed by atoms with Gasteiger partial charge in [-0.3, -0.25) is 4.79 Å². The van der Waals surface area contributed by atoms with Crippen molar-refractivity contribution in [3.8, 4) is 5.75 Å². The van der Waals surface area contributed by atoms with Crippen LogP contribution in [0, 0.1) is 6.92 Å². The van der Waals surface area contributed by atoms with Crippen molar-refractivity contribution < 1.29 is 9.53 Å². The minimum absolute atomic E-state index is 0.00130. The Bertz CT molecular complexity index is 345. The van der Waals surface area contributed by atoms with E-state index >= 15 is 0 Å². The van der Waals surface area contributed by atoms with E-state index in [0.29, 0.717) is 5.56 Å². The Morgan fingerprint density at radius 2 is 2.00 bits per heavy atom. The van der Waals surface area contributed by atoms with Gasteiger partial charge in [0.05, 0.1) is 7.11 Å². The molecule has 0 saturated carbocycles. The van der Waals surface area contributed by atoms with E-state index in [0.717, 1.165) is 11.3 Å². The fourth-order valence-corrected chi connectivity index (χ4v) is 1.31. The molecule has 0 aliphatic carbocycles. The summed E-state index contributed by atoms with van der Waals surface area (Å²) in [4.78, 5) is 13.3. The van der Waals surface area contributed by atoms with Crippen LogP contribution in [0.2, 0.25) is 0 Å². The average Bonchev–Trinajstić information content (AvgIpc) is 2.17. The van der Waals surface area contributed by atoms with E-state index in [4.69, 9.17) is 4.74 Å². The first kappa shape index (κ1) is 10.6. The maximum atomic E-state index is 11.7. The number of benzene rings is 1. The molecule has 1 amide bonds. The highest BCUT2D eigenvalue weighted by molar-refractivity contribution is 5.95. The quantitative estimate of drug-likeness (QED) is 0.715. The van der Waals surface area contributed by atoms with E-state index in [9.17, 15) is 4.79 Å². The summed E-state index contributed by atoms with van der Waals surface area (Å²) < 4.78 is 5.14. The van der Waals surface area contributed by atoms with Crippen molar-refractivity contribution in [1.29, 1.82) is 0 Å². The Hall–Kier alpha value is -1.51. The Morgan fingerprint density at radius 3 is 2.50 bits per heavy atom. The Morgan fingerprint density at radius 1 is 1.36 bits per heavy atom. The molecular formula is C11H15NO2. The zero-order valence-corrected chi connectivity index (χ0v) is 9.00. The predicted octanol–water partition coefficient (Wildman–Crippen LogP) is 1.71. The summed E-state index contributed by atoms with van der Waals surface area (Å²) in [6.07, 6.45) is 0. The van der Waals surface area contributed by atoms with Gasteiger partial charge in [0.25, 0.3) is 5.91 Å². The van der Waals surface area contributed by atoms with E-state index in [-0.39, 0.29) is 5.91 Å². The van der Waals surface area contributed by atoms with E-state index < -0.39 is 0 Å². The van der Waals surface area contributed by atoms with Gasteiger partial charge in [0.1, 0.15) is 5.75 Å². The second kappa shape index (κ2) is 4.13. The number of methoxy groups -OCH3 is 1. The van der Waals surface area contributed by atoms with Crippen LogP contribution < -0.4 is 4.74 Å². The van der Waals surface area contributed by atoms with Gasteiger partial charge in [-0.1, -0.05) is 6.07 Å². The number of nitrogens with zero attached hydrogens (tertiary/aromatic N) is 1. The van der Waals surface area contributed by atoms with Gasteiger partial charge >= 0.3 is 0 Å². The summed E-state index contributed by atoms with van der Waals surface area (Å²) in [6, 6.07) is 5.48. The molecule has 1 aromatic rings. The maximum Gasteiger partial charge on any atom is 0.253 e. The molecule has 0 aliphatic heterocycles. The van der Waals surface area contributed by atoms with Crippen LogP contribution in [0.1, 0.15) is 15.9 Å². The molecule has 14 heavy (non-hydrogen) atoms. The maximum absolute atomic E-state index is 11.7. The molecule has 3 heteroatoms. The van der Waals surface area contributed by atoms with Crippen molar-refractivity contribution in [2.75, 3.05) is 21.2 Å². The van der Waals surface area contributed by atoms with Crippen molar-refractivity contribution in [3.05, 3.63) is 29.3 Å². The second-order valence-corrected chi connectivity index (χ2v) is 3.33. The molecule has 0 fully saturated rings. The zero-order chi connectivity index (χ0) is 10.7. The SMILES string of the molecule is COc1cccc(C(=O)N(C)C)c1C. The van der Waals surface area contributed by atoms with Crippen LogP contribution in [0.25, 0.3) is 0 Å². The lowest BCUT2D eigenvalue weighted by Crippen LogP contribution is -2.22. The topological polar surface area (TPSA) is 29.5 Å². The van der Waals surface area contributed by atoms with Crippen LogP contribution in [0.4, 0.5) is 0 Å². The van der Waals surface area contributed by atoms with Crippen molar-refractivity contribution in [1.82, 2.24) is 4.90 Å². The number of ether oxygens (including phenoxy) is 1. The van der Waals surface area contributed by atoms with Crippen LogP contribution >= 0.6 is 0 Å². The number of amides is 1. The lowest BCUT2D eigenvalue weighted by Gasteiger charge is -2.14. The van der Waals surface area contributed by atoms with E-state index in [1.165, 1.54) is 0 Å². The van der Waals surface area contributed by atoms with Crippen LogP contribution in [-0.4, -0.2) is 32.0 Å². The highest BCUT2D eigenvalue weighted by Gasteiger charge is 2.12. The standard InChI is InChI=1S/C11H15NO2/c1-8-9(11(13)12(2)3)6-5-7-10(8)14-4/h5-7H,1-4H3. The number of hydrogen-bond acceptors (Lipinski definition) is 2. The van der Waals surface area contributed by atoms with Crippen molar-refractivity contribution in [2.24, 2.45) is 0 Å². The first-order chi connectivity index (χ1) is 6.57. The molecule has 0 atom stereocenters. The fraction of sp³-hybridized carbons (Fsp3) is 0.364. The summed E-state index contributed by atoms with van der Waals surface area (Å²) in [5, 5.41) is 0. The minimum atomic E-state index is 0.00130. The molecule has 0 aliphatic rings. The molecule has 3 nitrogen and oxygen atoms in total.